The second-order valence-electron chi connectivity index (χ2n) is 15.1. The van der Waals surface area contributed by atoms with Crippen molar-refractivity contribution < 1.29 is 85.6 Å². The first-order valence-corrected chi connectivity index (χ1v) is 23.1. The highest BCUT2D eigenvalue weighted by Gasteiger charge is 2.44. The minimum Gasteiger partial charge on any atom is -0.512 e. The summed E-state index contributed by atoms with van der Waals surface area (Å²) in [5.74, 6) is -1.75. The molecule has 4 aliphatic rings. The SMILES string of the molecule is CC.CNCC(=O)Nc1cc(COCOCc2c3c(nc4cc5c(cc24)OCO5)C2CC(O)=C(COC(C)=O)C(=O)N2C3)ccc1OC1OC(C(=O)O)C(C)OC1O.CS(=O)(=O)CCNC=O. The molecule has 24 heteroatoms. The molecule has 5 unspecified atom stereocenters. The molecule has 1 aromatic heterocycles. The first-order chi connectivity index (χ1) is 32.0. The summed E-state index contributed by atoms with van der Waals surface area (Å²) in [6.45, 7) is 6.65. The Kier molecular flexibility index (Phi) is 18.2. The number of hydrogen-bond donors (Lipinski definition) is 6. The quantitative estimate of drug-likeness (QED) is 0.0457. The van der Waals surface area contributed by atoms with Gasteiger partial charge in [0.05, 0.1) is 60.1 Å². The Bertz CT molecular complexity index is 2450. The van der Waals surface area contributed by atoms with Crippen LogP contribution in [-0.4, -0.2) is 141 Å². The van der Waals surface area contributed by atoms with Crippen molar-refractivity contribution in [2.24, 2.45) is 0 Å². The molecule has 1 saturated heterocycles. The van der Waals surface area contributed by atoms with E-state index in [4.69, 9.17) is 42.9 Å². The average Bonchev–Trinajstić information content (AvgIpc) is 3.88. The van der Waals surface area contributed by atoms with Crippen LogP contribution in [0.1, 0.15) is 62.5 Å². The van der Waals surface area contributed by atoms with Gasteiger partial charge in [-0.1, -0.05) is 19.9 Å². The first kappa shape index (κ1) is 51.8. The number of nitrogens with one attached hydrogen (secondary N) is 3. The van der Waals surface area contributed by atoms with Crippen molar-refractivity contribution in [3.63, 3.8) is 0 Å². The zero-order valence-electron chi connectivity index (χ0n) is 37.7. The Morgan fingerprint density at radius 1 is 1.04 bits per heavy atom. The zero-order chi connectivity index (χ0) is 49.0. The first-order valence-electron chi connectivity index (χ1n) is 21.0. The minimum atomic E-state index is -2.92. The van der Waals surface area contributed by atoms with Gasteiger partial charge in [-0.3, -0.25) is 24.2 Å². The lowest BCUT2D eigenvalue weighted by atomic mass is 9.97. The Labute approximate surface area is 385 Å². The van der Waals surface area contributed by atoms with Crippen LogP contribution in [0, 0.1) is 0 Å². The monoisotopic (exact) mass is 961 g/mol. The lowest BCUT2D eigenvalue weighted by Gasteiger charge is -2.36. The van der Waals surface area contributed by atoms with E-state index in [0.717, 1.165) is 22.8 Å². The van der Waals surface area contributed by atoms with Gasteiger partial charge in [0.25, 0.3) is 12.2 Å². The van der Waals surface area contributed by atoms with Crippen LogP contribution in [0.15, 0.2) is 41.7 Å². The molecule has 0 aliphatic carbocycles. The number of amides is 3. The predicted molar refractivity (Wildman–Crippen MR) is 234 cm³/mol. The highest BCUT2D eigenvalue weighted by atomic mass is 32.2. The van der Waals surface area contributed by atoms with Gasteiger partial charge >= 0.3 is 11.9 Å². The zero-order valence-corrected chi connectivity index (χ0v) is 38.5. The maximum atomic E-state index is 13.5. The Morgan fingerprint density at radius 3 is 2.43 bits per heavy atom. The molecule has 366 valence electrons. The Balaban J connectivity index is 0.000000685. The third-order valence-electron chi connectivity index (χ3n) is 10.2. The number of ether oxygens (including phenoxy) is 8. The molecule has 4 aliphatic heterocycles. The van der Waals surface area contributed by atoms with Crippen LogP contribution in [0.2, 0.25) is 0 Å². The minimum absolute atomic E-state index is 0.00569. The summed E-state index contributed by atoms with van der Waals surface area (Å²) in [7, 11) is -1.31. The van der Waals surface area contributed by atoms with E-state index >= 15 is 0 Å². The van der Waals surface area contributed by atoms with Crippen LogP contribution in [0.3, 0.4) is 0 Å². The van der Waals surface area contributed by atoms with E-state index in [1.807, 2.05) is 19.9 Å². The van der Waals surface area contributed by atoms with Crippen molar-refractivity contribution in [3.8, 4) is 17.2 Å². The van der Waals surface area contributed by atoms with Crippen molar-refractivity contribution in [1.82, 2.24) is 20.5 Å². The number of aliphatic hydroxyl groups is 2. The van der Waals surface area contributed by atoms with Crippen molar-refractivity contribution >= 4 is 56.6 Å². The normalized spacial score (nSPS) is 20.4. The summed E-state index contributed by atoms with van der Waals surface area (Å²) in [4.78, 5) is 65.2. The van der Waals surface area contributed by atoms with Crippen LogP contribution >= 0.6 is 0 Å². The molecule has 3 aromatic rings. The van der Waals surface area contributed by atoms with Gasteiger partial charge in [0.1, 0.15) is 34.7 Å². The molecule has 0 spiro atoms. The standard InChI is InChI=1S/C37H40N4O15.C4H9NO3S.C2H6/c1-17-33(35(46)47)56-37(36(48)54-17)55-28-5-4-19(6-25(28)39-31(44)10-38-3)12-49-15-50-13-22-20-7-29-30(53-16-52-29)8-24(20)40-32-21(22)11-41-26(32)9-27(43)23(34(41)45)14-51-18(2)42;1-9(7,8)3-2-5-4-6;1-2/h4-8,17,26,33,36-38,43,48H,9-16H2,1-3H3,(H,39,44)(H,46,47);4H,2-3H2,1H3,(H,5,6);1-2H3. The van der Waals surface area contributed by atoms with E-state index < -0.39 is 64.4 Å². The second kappa shape index (κ2) is 23.5. The van der Waals surface area contributed by atoms with Gasteiger partial charge in [-0.2, -0.15) is 0 Å². The van der Waals surface area contributed by atoms with Crippen molar-refractivity contribution in [2.45, 2.75) is 84.7 Å². The number of likely N-dealkylation sites (N-methyl/N-ethyl adjacent to an activating group) is 1. The molecule has 5 atom stereocenters. The molecule has 67 heavy (non-hydrogen) atoms. The molecule has 0 radical (unpaired) electrons. The molecule has 1 fully saturated rings. The summed E-state index contributed by atoms with van der Waals surface area (Å²) in [6, 6.07) is 7.76. The number of hydrogen-bond acceptors (Lipinski definition) is 19. The lowest BCUT2D eigenvalue weighted by molar-refractivity contribution is -0.322. The molecular formula is C43H55N5O18S. The van der Waals surface area contributed by atoms with Crippen molar-refractivity contribution in [2.75, 3.05) is 57.7 Å². The number of sulfone groups is 1. The van der Waals surface area contributed by atoms with E-state index in [2.05, 4.69) is 16.0 Å². The third-order valence-corrected chi connectivity index (χ3v) is 11.2. The molecular weight excluding hydrogens is 907 g/mol. The maximum Gasteiger partial charge on any atom is 0.335 e. The topological polar surface area (TPSA) is 306 Å². The summed E-state index contributed by atoms with van der Waals surface area (Å²) < 4.78 is 65.4. The summed E-state index contributed by atoms with van der Waals surface area (Å²) in [5, 5.41) is 39.1. The van der Waals surface area contributed by atoms with Gasteiger partial charge < -0.3 is 74.1 Å². The number of esters is 1. The highest BCUT2D eigenvalue weighted by Crippen LogP contribution is 2.46. The maximum absolute atomic E-state index is 13.5. The van der Waals surface area contributed by atoms with E-state index in [1.165, 1.54) is 19.9 Å². The van der Waals surface area contributed by atoms with Crippen LogP contribution < -0.4 is 30.2 Å². The molecule has 3 amide bonds. The molecule has 7 rings (SSSR count). The van der Waals surface area contributed by atoms with Crippen LogP contribution in [-0.2, 0) is 77.3 Å². The molecule has 23 nitrogen and oxygen atoms in total. The fourth-order valence-corrected chi connectivity index (χ4v) is 7.69. The van der Waals surface area contributed by atoms with E-state index in [-0.39, 0.29) is 88.0 Å². The number of pyridine rings is 1. The number of nitrogens with zero attached hydrogens (tertiary/aromatic N) is 2. The van der Waals surface area contributed by atoms with Crippen LogP contribution in [0.5, 0.6) is 17.2 Å². The van der Waals surface area contributed by atoms with E-state index in [9.17, 15) is 47.7 Å². The molecule has 6 N–H and O–H groups in total. The predicted octanol–water partition coefficient (Wildman–Crippen LogP) is 1.69. The molecule has 0 bridgehead atoms. The average molecular weight is 962 g/mol. The van der Waals surface area contributed by atoms with Crippen LogP contribution in [0.25, 0.3) is 10.9 Å². The number of aromatic nitrogens is 1. The van der Waals surface area contributed by atoms with Crippen molar-refractivity contribution in [1.29, 1.82) is 0 Å². The summed E-state index contributed by atoms with van der Waals surface area (Å²) in [6.07, 6.45) is -3.74. The van der Waals surface area contributed by atoms with Gasteiger partial charge in [0.15, 0.2) is 17.6 Å². The number of benzene rings is 2. The number of aliphatic carboxylic acids is 1. The van der Waals surface area contributed by atoms with Gasteiger partial charge in [0, 0.05) is 49.7 Å². The molecule has 0 saturated carbocycles. The number of carbonyl (C=O) groups excluding carboxylic acids is 4. The Morgan fingerprint density at radius 2 is 1.76 bits per heavy atom. The number of carboxylic acid groups (broad SMARTS) is 1. The van der Waals surface area contributed by atoms with Crippen LogP contribution in [0.4, 0.5) is 5.69 Å². The van der Waals surface area contributed by atoms with E-state index in [1.54, 1.807) is 30.1 Å². The van der Waals surface area contributed by atoms with Gasteiger partial charge in [-0.25, -0.2) is 13.2 Å². The fourth-order valence-electron chi connectivity index (χ4n) is 7.20. The Hall–Kier alpha value is -6.15. The largest absolute Gasteiger partial charge is 0.512 e. The second-order valence-corrected chi connectivity index (χ2v) is 17.3. The summed E-state index contributed by atoms with van der Waals surface area (Å²) in [5.41, 5.74) is 3.49. The van der Waals surface area contributed by atoms with Gasteiger partial charge in [-0.05, 0) is 43.3 Å². The van der Waals surface area contributed by atoms with Crippen molar-refractivity contribution in [3.05, 3.63) is 64.0 Å². The fraction of sp³-hybridized carbons (Fsp3) is 0.488. The highest BCUT2D eigenvalue weighted by molar-refractivity contribution is 7.90. The number of carbonyl (C=O) groups is 5. The van der Waals surface area contributed by atoms with Gasteiger partial charge in [0.2, 0.25) is 25.4 Å². The number of anilines is 1. The van der Waals surface area contributed by atoms with E-state index in [0.29, 0.717) is 34.7 Å². The molecule has 2 aromatic carbocycles. The molecule has 5 heterocycles. The number of fused-ring (bicyclic) bond motifs is 5. The van der Waals surface area contributed by atoms with Gasteiger partial charge in [-0.15, -0.1) is 0 Å². The summed E-state index contributed by atoms with van der Waals surface area (Å²) >= 11 is 0. The lowest BCUT2D eigenvalue weighted by Crippen LogP contribution is -2.53. The third kappa shape index (κ3) is 13.3. The smallest absolute Gasteiger partial charge is 0.335 e. The number of aliphatic hydroxyl groups excluding tert-OH is 2. The number of carboxylic acids is 1. The number of rotatable bonds is 18.